The fraction of sp³-hybridized carbons (Fsp3) is 0.455. The molecule has 1 aromatic carbocycles. The molecule has 2 aromatic rings. The molecule has 1 aromatic heterocycles. The van der Waals surface area contributed by atoms with Crippen LogP contribution in [-0.4, -0.2) is 55.6 Å². The monoisotopic (exact) mass is 380 g/mol. The number of anilines is 1. The summed E-state index contributed by atoms with van der Waals surface area (Å²) >= 11 is 0. The Balaban J connectivity index is 1.61. The molecule has 4 rings (SSSR count). The molecular weight excluding hydrogens is 352 g/mol. The van der Waals surface area contributed by atoms with Gasteiger partial charge in [0, 0.05) is 29.9 Å². The normalized spacial score (nSPS) is 20.9. The van der Waals surface area contributed by atoms with Gasteiger partial charge in [0.05, 0.1) is 24.6 Å². The summed E-state index contributed by atoms with van der Waals surface area (Å²) < 4.78 is 11.0. The third kappa shape index (κ3) is 4.34. The Morgan fingerprint density at radius 3 is 2.71 bits per heavy atom. The van der Waals surface area contributed by atoms with Crippen molar-refractivity contribution in [2.24, 2.45) is 5.10 Å². The summed E-state index contributed by atoms with van der Waals surface area (Å²) in [6.45, 7) is 5.46. The molecule has 0 spiro atoms. The molecule has 1 atom stereocenters. The van der Waals surface area contributed by atoms with Crippen LogP contribution in [0.2, 0.25) is 0 Å². The van der Waals surface area contributed by atoms with Gasteiger partial charge < -0.3 is 14.4 Å². The van der Waals surface area contributed by atoms with E-state index in [1.807, 2.05) is 19.1 Å². The van der Waals surface area contributed by atoms with E-state index in [0.717, 1.165) is 34.9 Å². The van der Waals surface area contributed by atoms with Crippen molar-refractivity contribution >= 4 is 11.9 Å². The number of aromatic nitrogens is 1. The summed E-state index contributed by atoms with van der Waals surface area (Å²) in [5, 5.41) is 4.20. The fourth-order valence-corrected chi connectivity index (χ4v) is 3.72. The summed E-state index contributed by atoms with van der Waals surface area (Å²) in [6, 6.07) is 12.4. The Bertz CT molecular complexity index is 818. The molecular formula is C22H28N4O2. The average Bonchev–Trinajstić information content (AvgIpc) is 2.69. The lowest BCUT2D eigenvalue weighted by molar-refractivity contribution is -0.0796. The van der Waals surface area contributed by atoms with Crippen molar-refractivity contribution in [2.45, 2.75) is 31.8 Å². The Kier molecular flexibility index (Phi) is 5.88. The maximum atomic E-state index is 5.88. The van der Waals surface area contributed by atoms with Gasteiger partial charge in [-0.3, -0.25) is 10.4 Å². The van der Waals surface area contributed by atoms with Crippen LogP contribution in [0.5, 0.6) is 5.75 Å². The molecule has 0 amide bonds. The first-order chi connectivity index (χ1) is 13.7. The molecule has 2 aliphatic rings. The van der Waals surface area contributed by atoms with Crippen LogP contribution in [0.4, 0.5) is 5.69 Å². The van der Waals surface area contributed by atoms with E-state index in [0.29, 0.717) is 19.1 Å². The van der Waals surface area contributed by atoms with Gasteiger partial charge >= 0.3 is 0 Å². The standard InChI is InChI=1S/C22H28N4O2/c1-3-23-25-21-11-10-20(17-5-4-12-26(2)13-17)24-22(21)16-6-8-18(9-7-16)28-19-14-27-15-19/h3,6-11,17,19,25H,4-5,12-15H2,1-2H3/b23-3-. The molecule has 3 heterocycles. The van der Waals surface area contributed by atoms with Crippen LogP contribution in [0.25, 0.3) is 11.3 Å². The van der Waals surface area contributed by atoms with Crippen molar-refractivity contribution in [2.75, 3.05) is 38.8 Å². The van der Waals surface area contributed by atoms with Crippen LogP contribution in [0.3, 0.4) is 0 Å². The Labute approximate surface area is 166 Å². The number of likely N-dealkylation sites (N-methyl/N-ethyl adjacent to an activating group) is 1. The van der Waals surface area contributed by atoms with Crippen LogP contribution in [0.1, 0.15) is 31.4 Å². The molecule has 0 saturated carbocycles. The number of likely N-dealkylation sites (tertiary alicyclic amines) is 1. The van der Waals surface area contributed by atoms with Crippen molar-refractivity contribution in [3.05, 3.63) is 42.1 Å². The first-order valence-electron chi connectivity index (χ1n) is 10.0. The van der Waals surface area contributed by atoms with E-state index in [4.69, 9.17) is 14.5 Å². The topological polar surface area (TPSA) is 59.0 Å². The number of benzene rings is 1. The number of ether oxygens (including phenoxy) is 2. The number of piperidine rings is 1. The Morgan fingerprint density at radius 2 is 2.04 bits per heavy atom. The molecule has 1 N–H and O–H groups in total. The minimum absolute atomic E-state index is 0.173. The lowest BCUT2D eigenvalue weighted by Crippen LogP contribution is -2.38. The summed E-state index contributed by atoms with van der Waals surface area (Å²) in [5.74, 6) is 1.34. The zero-order chi connectivity index (χ0) is 19.3. The molecule has 28 heavy (non-hydrogen) atoms. The first kappa shape index (κ1) is 18.9. The lowest BCUT2D eigenvalue weighted by Gasteiger charge is -2.29. The minimum Gasteiger partial charge on any atom is -0.486 e. The zero-order valence-corrected chi connectivity index (χ0v) is 16.6. The van der Waals surface area contributed by atoms with Gasteiger partial charge in [0.1, 0.15) is 11.9 Å². The van der Waals surface area contributed by atoms with Gasteiger partial charge in [-0.1, -0.05) is 0 Å². The highest BCUT2D eigenvalue weighted by molar-refractivity contribution is 5.75. The van der Waals surface area contributed by atoms with E-state index in [1.165, 1.54) is 19.4 Å². The summed E-state index contributed by atoms with van der Waals surface area (Å²) in [4.78, 5) is 7.44. The molecule has 2 aliphatic heterocycles. The van der Waals surface area contributed by atoms with Gasteiger partial charge in [-0.05, 0) is 69.8 Å². The number of nitrogens with one attached hydrogen (secondary N) is 1. The van der Waals surface area contributed by atoms with Crippen molar-refractivity contribution < 1.29 is 9.47 Å². The first-order valence-corrected chi connectivity index (χ1v) is 10.0. The smallest absolute Gasteiger partial charge is 0.145 e. The van der Waals surface area contributed by atoms with Gasteiger partial charge in [0.25, 0.3) is 0 Å². The van der Waals surface area contributed by atoms with Crippen molar-refractivity contribution in [1.82, 2.24) is 9.88 Å². The van der Waals surface area contributed by atoms with Crippen LogP contribution in [-0.2, 0) is 4.74 Å². The van der Waals surface area contributed by atoms with Crippen LogP contribution in [0.15, 0.2) is 41.5 Å². The van der Waals surface area contributed by atoms with E-state index in [9.17, 15) is 0 Å². The molecule has 0 bridgehead atoms. The van der Waals surface area contributed by atoms with E-state index in [2.05, 4.69) is 46.7 Å². The second-order valence-electron chi connectivity index (χ2n) is 7.53. The third-order valence-electron chi connectivity index (χ3n) is 5.31. The van der Waals surface area contributed by atoms with Gasteiger partial charge in [-0.25, -0.2) is 0 Å². The maximum absolute atomic E-state index is 5.88. The Morgan fingerprint density at radius 1 is 1.21 bits per heavy atom. The molecule has 6 heteroatoms. The highest BCUT2D eigenvalue weighted by atomic mass is 16.6. The molecule has 0 aliphatic carbocycles. The SMILES string of the molecule is C/C=N\Nc1ccc(C2CCCN(C)C2)nc1-c1ccc(OC2COC2)cc1. The average molecular weight is 380 g/mol. The lowest BCUT2D eigenvalue weighted by atomic mass is 9.94. The predicted octanol–water partition coefficient (Wildman–Crippen LogP) is 3.75. The summed E-state index contributed by atoms with van der Waals surface area (Å²) in [6.07, 6.45) is 4.32. The highest BCUT2D eigenvalue weighted by Crippen LogP contribution is 2.32. The molecule has 1 unspecified atom stereocenters. The number of hydrogen-bond donors (Lipinski definition) is 1. The van der Waals surface area contributed by atoms with Crippen LogP contribution in [0, 0.1) is 0 Å². The predicted molar refractivity (Wildman–Crippen MR) is 112 cm³/mol. The highest BCUT2D eigenvalue weighted by Gasteiger charge is 2.22. The Hall–Kier alpha value is -2.44. The van der Waals surface area contributed by atoms with Crippen molar-refractivity contribution in [1.29, 1.82) is 0 Å². The number of nitrogens with zero attached hydrogens (tertiary/aromatic N) is 3. The molecule has 2 fully saturated rings. The molecule has 148 valence electrons. The van der Waals surface area contributed by atoms with E-state index in [-0.39, 0.29) is 6.10 Å². The van der Waals surface area contributed by atoms with Crippen LogP contribution >= 0.6 is 0 Å². The second kappa shape index (κ2) is 8.71. The second-order valence-corrected chi connectivity index (χ2v) is 7.53. The van der Waals surface area contributed by atoms with Gasteiger partial charge in [0.15, 0.2) is 0 Å². The van der Waals surface area contributed by atoms with Gasteiger partial charge in [-0.2, -0.15) is 5.10 Å². The minimum atomic E-state index is 0.173. The summed E-state index contributed by atoms with van der Waals surface area (Å²) in [7, 11) is 2.19. The van der Waals surface area contributed by atoms with E-state index < -0.39 is 0 Å². The van der Waals surface area contributed by atoms with E-state index >= 15 is 0 Å². The quantitative estimate of drug-likeness (QED) is 0.611. The number of pyridine rings is 1. The molecule has 0 radical (unpaired) electrons. The molecule has 6 nitrogen and oxygen atoms in total. The third-order valence-corrected chi connectivity index (χ3v) is 5.31. The maximum Gasteiger partial charge on any atom is 0.145 e. The summed E-state index contributed by atoms with van der Waals surface area (Å²) in [5.41, 5.74) is 7.15. The fourth-order valence-electron chi connectivity index (χ4n) is 3.72. The van der Waals surface area contributed by atoms with E-state index in [1.54, 1.807) is 6.21 Å². The number of rotatable bonds is 6. The number of hydrogen-bond acceptors (Lipinski definition) is 6. The molecule has 2 saturated heterocycles. The van der Waals surface area contributed by atoms with Crippen molar-refractivity contribution in [3.8, 4) is 17.0 Å². The van der Waals surface area contributed by atoms with Crippen LogP contribution < -0.4 is 10.2 Å². The largest absolute Gasteiger partial charge is 0.486 e. The van der Waals surface area contributed by atoms with Crippen molar-refractivity contribution in [3.63, 3.8) is 0 Å². The number of hydrazone groups is 1. The van der Waals surface area contributed by atoms with Gasteiger partial charge in [-0.15, -0.1) is 0 Å². The zero-order valence-electron chi connectivity index (χ0n) is 16.6. The van der Waals surface area contributed by atoms with Gasteiger partial charge in [0.2, 0.25) is 0 Å².